The number of benzene rings is 2. The van der Waals surface area contributed by atoms with Crippen molar-refractivity contribution in [1.82, 2.24) is 5.43 Å². The number of thiocarbonyl (C=S) groups is 1. The van der Waals surface area contributed by atoms with Crippen LogP contribution in [0.2, 0.25) is 0 Å². The number of rotatable bonds is 3. The largest absolute Gasteiger partial charge is 0.375 e. The van der Waals surface area contributed by atoms with E-state index in [0.29, 0.717) is 5.56 Å². The maximum Gasteiger partial charge on any atom is 0.184 e. The Morgan fingerprint density at radius 1 is 1.21 bits per heavy atom. The number of nitrogens with one attached hydrogen (secondary N) is 1. The van der Waals surface area contributed by atoms with E-state index in [1.807, 2.05) is 24.3 Å². The van der Waals surface area contributed by atoms with Gasteiger partial charge in [-0.1, -0.05) is 36.4 Å². The van der Waals surface area contributed by atoms with Gasteiger partial charge in [-0.3, -0.25) is 5.43 Å². The molecule has 0 spiro atoms. The van der Waals surface area contributed by atoms with Gasteiger partial charge in [0, 0.05) is 5.56 Å². The minimum atomic E-state index is -0.252. The Hall–Kier alpha value is -2.27. The first-order valence-electron chi connectivity index (χ1n) is 5.60. The van der Waals surface area contributed by atoms with Crippen molar-refractivity contribution in [3.63, 3.8) is 0 Å². The molecule has 19 heavy (non-hydrogen) atoms. The quantitative estimate of drug-likeness (QED) is 0.513. The van der Waals surface area contributed by atoms with Gasteiger partial charge in [-0.2, -0.15) is 5.10 Å². The Balaban J connectivity index is 2.27. The fourth-order valence-electron chi connectivity index (χ4n) is 1.65. The predicted octanol–water partition coefficient (Wildman–Crippen LogP) is 2.66. The second kappa shape index (κ2) is 6.06. The highest BCUT2D eigenvalue weighted by atomic mass is 32.1. The Labute approximate surface area is 115 Å². The van der Waals surface area contributed by atoms with Crippen LogP contribution in [0.25, 0.3) is 11.1 Å². The molecule has 0 atom stereocenters. The van der Waals surface area contributed by atoms with Gasteiger partial charge < -0.3 is 5.73 Å². The number of nitrogens with two attached hydrogens (primary N) is 1. The molecule has 0 bridgehead atoms. The molecule has 3 N–H and O–H groups in total. The highest BCUT2D eigenvalue weighted by molar-refractivity contribution is 7.80. The minimum absolute atomic E-state index is 0.0986. The highest BCUT2D eigenvalue weighted by Gasteiger charge is 2.03. The van der Waals surface area contributed by atoms with Crippen LogP contribution in [0.5, 0.6) is 0 Å². The Morgan fingerprint density at radius 2 is 2.00 bits per heavy atom. The standard InChI is InChI=1S/C14H12FN3S/c15-13-7-2-1-6-12(13)11-5-3-4-10(8-11)9-17-18-14(16)19/h1-9H,(H3,16,18,19). The fourth-order valence-corrected chi connectivity index (χ4v) is 1.70. The molecule has 0 heterocycles. The molecule has 0 aromatic heterocycles. The van der Waals surface area contributed by atoms with Crippen LogP contribution in [-0.2, 0) is 0 Å². The smallest absolute Gasteiger partial charge is 0.184 e. The van der Waals surface area contributed by atoms with Gasteiger partial charge in [0.25, 0.3) is 0 Å². The van der Waals surface area contributed by atoms with Crippen molar-refractivity contribution in [2.24, 2.45) is 10.8 Å². The number of nitrogens with zero attached hydrogens (tertiary/aromatic N) is 1. The molecule has 0 fully saturated rings. The molecule has 5 heteroatoms. The number of hydrogen-bond acceptors (Lipinski definition) is 2. The Bertz CT molecular complexity index is 626. The summed E-state index contributed by atoms with van der Waals surface area (Å²) in [7, 11) is 0. The summed E-state index contributed by atoms with van der Waals surface area (Å²) in [6.07, 6.45) is 1.57. The second-order valence-electron chi connectivity index (χ2n) is 3.84. The monoisotopic (exact) mass is 273 g/mol. The van der Waals surface area contributed by atoms with Gasteiger partial charge >= 0.3 is 0 Å². The average Bonchev–Trinajstić information content (AvgIpc) is 2.39. The molecule has 2 rings (SSSR count). The zero-order valence-electron chi connectivity index (χ0n) is 10.0. The van der Waals surface area contributed by atoms with Gasteiger partial charge in [0.1, 0.15) is 5.82 Å². The van der Waals surface area contributed by atoms with Gasteiger partial charge in [0.05, 0.1) is 6.21 Å². The summed E-state index contributed by atoms with van der Waals surface area (Å²) < 4.78 is 13.7. The van der Waals surface area contributed by atoms with E-state index in [1.54, 1.807) is 24.4 Å². The van der Waals surface area contributed by atoms with Crippen LogP contribution in [0.3, 0.4) is 0 Å². The third-order valence-electron chi connectivity index (χ3n) is 2.46. The van der Waals surface area contributed by atoms with Gasteiger partial charge in [-0.05, 0) is 35.5 Å². The molecule has 0 unspecified atom stereocenters. The molecule has 0 aliphatic carbocycles. The molecule has 0 saturated heterocycles. The van der Waals surface area contributed by atoms with Crippen molar-refractivity contribution < 1.29 is 4.39 Å². The third kappa shape index (κ3) is 3.59. The number of hydrogen-bond donors (Lipinski definition) is 2. The molecule has 0 amide bonds. The van der Waals surface area contributed by atoms with E-state index in [9.17, 15) is 4.39 Å². The van der Waals surface area contributed by atoms with E-state index in [4.69, 9.17) is 5.73 Å². The summed E-state index contributed by atoms with van der Waals surface area (Å²) in [5.41, 5.74) is 9.89. The Kier molecular flexibility index (Phi) is 4.20. The molecule has 0 aliphatic heterocycles. The van der Waals surface area contributed by atoms with Crippen LogP contribution in [-0.4, -0.2) is 11.3 Å². The lowest BCUT2D eigenvalue weighted by Gasteiger charge is -2.04. The fraction of sp³-hybridized carbons (Fsp3) is 0. The maximum atomic E-state index is 13.7. The van der Waals surface area contributed by atoms with Crippen molar-refractivity contribution >= 4 is 23.5 Å². The predicted molar refractivity (Wildman–Crippen MR) is 79.4 cm³/mol. The normalized spacial score (nSPS) is 10.6. The summed E-state index contributed by atoms with van der Waals surface area (Å²) in [6, 6.07) is 14.0. The summed E-state index contributed by atoms with van der Waals surface area (Å²) in [5.74, 6) is -0.252. The van der Waals surface area contributed by atoms with E-state index < -0.39 is 0 Å². The summed E-state index contributed by atoms with van der Waals surface area (Å²) in [4.78, 5) is 0. The van der Waals surface area contributed by atoms with Crippen molar-refractivity contribution in [2.45, 2.75) is 0 Å². The van der Waals surface area contributed by atoms with Gasteiger partial charge in [0.15, 0.2) is 5.11 Å². The average molecular weight is 273 g/mol. The van der Waals surface area contributed by atoms with Gasteiger partial charge in [-0.15, -0.1) is 0 Å². The van der Waals surface area contributed by atoms with Crippen molar-refractivity contribution in [3.8, 4) is 11.1 Å². The van der Waals surface area contributed by atoms with Crippen molar-refractivity contribution in [1.29, 1.82) is 0 Å². The van der Waals surface area contributed by atoms with Crippen LogP contribution in [0.15, 0.2) is 53.6 Å². The molecule has 2 aromatic carbocycles. The summed E-state index contributed by atoms with van der Waals surface area (Å²) >= 11 is 4.63. The number of halogens is 1. The van der Waals surface area contributed by atoms with Crippen LogP contribution < -0.4 is 11.2 Å². The molecule has 3 nitrogen and oxygen atoms in total. The molecule has 2 aromatic rings. The zero-order valence-corrected chi connectivity index (χ0v) is 10.8. The summed E-state index contributed by atoms with van der Waals surface area (Å²) in [6.45, 7) is 0. The lowest BCUT2D eigenvalue weighted by molar-refractivity contribution is 0.631. The lowest BCUT2D eigenvalue weighted by Crippen LogP contribution is -2.23. The van der Waals surface area contributed by atoms with Crippen LogP contribution in [0.1, 0.15) is 5.56 Å². The highest BCUT2D eigenvalue weighted by Crippen LogP contribution is 2.22. The third-order valence-corrected chi connectivity index (χ3v) is 2.55. The Morgan fingerprint density at radius 3 is 2.74 bits per heavy atom. The maximum absolute atomic E-state index is 13.7. The first-order valence-corrected chi connectivity index (χ1v) is 6.01. The van der Waals surface area contributed by atoms with Crippen molar-refractivity contribution in [3.05, 3.63) is 59.9 Å². The second-order valence-corrected chi connectivity index (χ2v) is 4.28. The molecule has 96 valence electrons. The van der Waals surface area contributed by atoms with E-state index in [1.165, 1.54) is 6.07 Å². The zero-order chi connectivity index (χ0) is 13.7. The van der Waals surface area contributed by atoms with Gasteiger partial charge in [-0.25, -0.2) is 4.39 Å². The summed E-state index contributed by atoms with van der Waals surface area (Å²) in [5, 5.41) is 3.96. The van der Waals surface area contributed by atoms with E-state index in [-0.39, 0.29) is 10.9 Å². The molecule has 0 saturated carbocycles. The first kappa shape index (κ1) is 13.2. The SMILES string of the molecule is NC(=S)NN=Cc1cccc(-c2ccccc2F)c1. The number of hydrazone groups is 1. The molecular weight excluding hydrogens is 261 g/mol. The lowest BCUT2D eigenvalue weighted by atomic mass is 10.0. The molecule has 0 aliphatic rings. The molecular formula is C14H12FN3S. The first-order chi connectivity index (χ1) is 9.16. The minimum Gasteiger partial charge on any atom is -0.375 e. The van der Waals surface area contributed by atoms with Gasteiger partial charge in [0.2, 0.25) is 0 Å². The van der Waals surface area contributed by atoms with E-state index in [0.717, 1.165) is 11.1 Å². The van der Waals surface area contributed by atoms with E-state index in [2.05, 4.69) is 22.7 Å². The van der Waals surface area contributed by atoms with Crippen LogP contribution >= 0.6 is 12.2 Å². The van der Waals surface area contributed by atoms with Crippen LogP contribution in [0.4, 0.5) is 4.39 Å². The van der Waals surface area contributed by atoms with E-state index >= 15 is 0 Å². The topological polar surface area (TPSA) is 50.4 Å². The van der Waals surface area contributed by atoms with Crippen molar-refractivity contribution in [2.75, 3.05) is 0 Å². The van der Waals surface area contributed by atoms with Crippen LogP contribution in [0, 0.1) is 5.82 Å². The molecule has 0 radical (unpaired) electrons.